The average molecular weight is 356 g/mol. The van der Waals surface area contributed by atoms with Crippen LogP contribution in [-0.2, 0) is 9.53 Å². The van der Waals surface area contributed by atoms with Gasteiger partial charge in [-0.25, -0.2) is 13.8 Å². The van der Waals surface area contributed by atoms with E-state index in [9.17, 15) is 13.6 Å². The summed E-state index contributed by atoms with van der Waals surface area (Å²) >= 11 is 0. The number of halogens is 2. The van der Waals surface area contributed by atoms with Gasteiger partial charge in [-0.2, -0.15) is 0 Å². The van der Waals surface area contributed by atoms with Crippen LogP contribution in [0.25, 0.3) is 5.57 Å². The summed E-state index contributed by atoms with van der Waals surface area (Å²) in [5.74, 6) is -0.937. The lowest BCUT2D eigenvalue weighted by Gasteiger charge is -2.28. The Morgan fingerprint density at radius 2 is 2.28 bits per heavy atom. The average Bonchev–Trinajstić information content (AvgIpc) is 2.61. The van der Waals surface area contributed by atoms with Crippen molar-refractivity contribution in [2.75, 3.05) is 13.6 Å². The van der Waals surface area contributed by atoms with E-state index in [1.54, 1.807) is 6.92 Å². The van der Waals surface area contributed by atoms with Gasteiger partial charge in [0, 0.05) is 6.20 Å². The molecule has 0 saturated heterocycles. The van der Waals surface area contributed by atoms with Gasteiger partial charge in [-0.3, -0.25) is 4.79 Å². The second-order valence-corrected chi connectivity index (χ2v) is 6.01. The molecule has 1 heterocycles. The Hall–Kier alpha value is -1.98. The monoisotopic (exact) mass is 356 g/mol. The maximum Gasteiger partial charge on any atom is 0.309 e. The second kappa shape index (κ2) is 8.92. The van der Waals surface area contributed by atoms with Crippen LogP contribution in [0.5, 0.6) is 5.88 Å². The van der Waals surface area contributed by atoms with Crippen molar-refractivity contribution in [2.45, 2.75) is 46.0 Å². The summed E-state index contributed by atoms with van der Waals surface area (Å²) in [4.78, 5) is 15.8. The zero-order valence-electron chi connectivity index (χ0n) is 17.4. The van der Waals surface area contributed by atoms with E-state index in [-0.39, 0.29) is 23.4 Å². The quantitative estimate of drug-likeness (QED) is 0.659. The van der Waals surface area contributed by atoms with Crippen molar-refractivity contribution in [3.63, 3.8) is 0 Å². The van der Waals surface area contributed by atoms with Crippen molar-refractivity contribution < 1.29 is 27.2 Å². The van der Waals surface area contributed by atoms with Crippen LogP contribution in [0.2, 0.25) is 0 Å². The molecule has 4 nitrogen and oxygen atoms in total. The highest BCUT2D eigenvalue weighted by Gasteiger charge is 2.30. The molecule has 2 unspecified atom stereocenters. The predicted octanol–water partition coefficient (Wildman–Crippen LogP) is 4.80. The number of allylic oxidation sites excluding steroid dienone is 2. The zero-order valence-corrected chi connectivity index (χ0v) is 14.4. The minimum Gasteiger partial charge on any atom is -0.481 e. The minimum atomic E-state index is -2.93. The Bertz CT molecular complexity index is 723. The molecule has 0 N–H and O–H groups in total. The standard InChI is InChI=1S/C19H25F2NO3/c1-4-14(19(23)25-5-2)12-6-8-13(9-7-12)15-10-11-22-18(24-3)16(15)17(20)21/h8,10-12,14,17H,4-7,9H2,1-3H3/i3D3. The van der Waals surface area contributed by atoms with Crippen LogP contribution in [0, 0.1) is 11.8 Å². The molecule has 1 aliphatic carbocycles. The van der Waals surface area contributed by atoms with E-state index in [1.165, 1.54) is 12.3 Å². The third-order valence-corrected chi connectivity index (χ3v) is 4.66. The number of carbonyl (C=O) groups excluding carboxylic acids is 1. The van der Waals surface area contributed by atoms with Crippen molar-refractivity contribution in [1.82, 2.24) is 4.98 Å². The molecule has 0 radical (unpaired) electrons. The Kier molecular flexibility index (Phi) is 5.46. The first kappa shape index (κ1) is 15.3. The fraction of sp³-hybridized carbons (Fsp3) is 0.579. The van der Waals surface area contributed by atoms with Gasteiger partial charge in [0.15, 0.2) is 0 Å². The van der Waals surface area contributed by atoms with Gasteiger partial charge in [0.2, 0.25) is 5.88 Å². The highest BCUT2D eigenvalue weighted by Crippen LogP contribution is 2.40. The summed E-state index contributed by atoms with van der Waals surface area (Å²) < 4.78 is 58.6. The highest BCUT2D eigenvalue weighted by molar-refractivity contribution is 5.74. The van der Waals surface area contributed by atoms with E-state index in [2.05, 4.69) is 9.72 Å². The summed E-state index contributed by atoms with van der Waals surface area (Å²) in [5, 5.41) is 0. The first-order valence-corrected chi connectivity index (χ1v) is 8.50. The third-order valence-electron chi connectivity index (χ3n) is 4.66. The normalized spacial score (nSPS) is 20.9. The fourth-order valence-electron chi connectivity index (χ4n) is 3.43. The number of nitrogens with zero attached hydrogens (tertiary/aromatic N) is 1. The van der Waals surface area contributed by atoms with Crippen molar-refractivity contribution in [3.05, 3.63) is 29.5 Å². The van der Waals surface area contributed by atoms with Crippen LogP contribution in [0.1, 0.15) is 61.2 Å². The molecule has 6 heteroatoms. The van der Waals surface area contributed by atoms with E-state index in [0.29, 0.717) is 37.9 Å². The fourth-order valence-corrected chi connectivity index (χ4v) is 3.43. The van der Waals surface area contributed by atoms with E-state index in [0.717, 1.165) is 0 Å². The Morgan fingerprint density at radius 1 is 1.48 bits per heavy atom. The topological polar surface area (TPSA) is 48.4 Å². The molecule has 0 fully saturated rings. The van der Waals surface area contributed by atoms with Crippen molar-refractivity contribution in [1.29, 1.82) is 0 Å². The van der Waals surface area contributed by atoms with Gasteiger partial charge in [0.25, 0.3) is 6.43 Å². The lowest BCUT2D eigenvalue weighted by Crippen LogP contribution is -2.26. The molecule has 0 spiro atoms. The first-order valence-electron chi connectivity index (χ1n) is 10.00. The predicted molar refractivity (Wildman–Crippen MR) is 91.5 cm³/mol. The SMILES string of the molecule is [2H]C([2H])([2H])Oc1nccc(C2=CCC(C(CC)C(=O)OCC)CC2)c1C(F)F. The van der Waals surface area contributed by atoms with Crippen molar-refractivity contribution in [2.24, 2.45) is 11.8 Å². The molecular weight excluding hydrogens is 328 g/mol. The van der Waals surface area contributed by atoms with E-state index >= 15 is 0 Å². The lowest BCUT2D eigenvalue weighted by molar-refractivity contribution is -0.150. The maximum absolute atomic E-state index is 13.7. The van der Waals surface area contributed by atoms with Gasteiger partial charge >= 0.3 is 5.97 Å². The van der Waals surface area contributed by atoms with Gasteiger partial charge in [0.1, 0.15) is 0 Å². The molecule has 0 aliphatic heterocycles. The minimum absolute atomic E-state index is 0.0859. The number of hydrogen-bond donors (Lipinski definition) is 0. The van der Waals surface area contributed by atoms with Crippen LogP contribution in [0.3, 0.4) is 0 Å². The van der Waals surface area contributed by atoms with Crippen LogP contribution in [0.4, 0.5) is 8.78 Å². The molecular formula is C19H25F2NO3. The van der Waals surface area contributed by atoms with Gasteiger partial charge in [-0.15, -0.1) is 0 Å². The van der Waals surface area contributed by atoms with E-state index in [4.69, 9.17) is 8.85 Å². The summed E-state index contributed by atoms with van der Waals surface area (Å²) in [5.41, 5.74) is 0.413. The molecule has 0 amide bonds. The van der Waals surface area contributed by atoms with E-state index in [1.807, 2.05) is 13.0 Å². The molecule has 1 aromatic heterocycles. The number of aromatic nitrogens is 1. The molecule has 1 aromatic rings. The highest BCUT2D eigenvalue weighted by atomic mass is 19.3. The maximum atomic E-state index is 13.7. The largest absolute Gasteiger partial charge is 0.481 e. The van der Waals surface area contributed by atoms with E-state index < -0.39 is 24.9 Å². The smallest absolute Gasteiger partial charge is 0.309 e. The van der Waals surface area contributed by atoms with Crippen LogP contribution >= 0.6 is 0 Å². The number of pyridine rings is 1. The summed E-state index contributed by atoms with van der Waals surface area (Å²) in [6, 6.07) is 1.45. The number of carbonyl (C=O) groups is 1. The zero-order chi connectivity index (χ0) is 20.9. The Labute approximate surface area is 151 Å². The Morgan fingerprint density at radius 3 is 2.84 bits per heavy atom. The molecule has 1 aliphatic rings. The number of methoxy groups -OCH3 is 1. The number of alkyl halides is 2. The number of rotatable bonds is 7. The number of esters is 1. The van der Waals surface area contributed by atoms with Gasteiger partial charge in [0.05, 0.1) is 29.2 Å². The van der Waals surface area contributed by atoms with Crippen LogP contribution in [-0.4, -0.2) is 24.6 Å². The molecule has 2 atom stereocenters. The number of hydrogen-bond acceptors (Lipinski definition) is 4. The summed E-state index contributed by atoms with van der Waals surface area (Å²) in [7, 11) is -2.87. The van der Waals surface area contributed by atoms with Gasteiger partial charge < -0.3 is 9.47 Å². The molecule has 0 saturated carbocycles. The lowest BCUT2D eigenvalue weighted by atomic mass is 9.78. The van der Waals surface area contributed by atoms with Gasteiger partial charge in [-0.05, 0) is 55.7 Å². The van der Waals surface area contributed by atoms with Crippen LogP contribution in [0.15, 0.2) is 18.3 Å². The van der Waals surface area contributed by atoms with Crippen molar-refractivity contribution >= 4 is 11.5 Å². The van der Waals surface area contributed by atoms with Gasteiger partial charge in [-0.1, -0.05) is 13.0 Å². The molecule has 0 bridgehead atoms. The molecule has 138 valence electrons. The summed E-state index contributed by atoms with van der Waals surface area (Å²) in [6.07, 6.45) is 2.55. The third kappa shape index (κ3) is 4.35. The number of ether oxygens (including phenoxy) is 2. The molecule has 0 aromatic carbocycles. The van der Waals surface area contributed by atoms with Crippen LogP contribution < -0.4 is 4.74 Å². The molecule has 2 rings (SSSR count). The van der Waals surface area contributed by atoms with Crippen molar-refractivity contribution in [3.8, 4) is 5.88 Å². The Balaban J connectivity index is 2.28. The summed E-state index contributed by atoms with van der Waals surface area (Å²) in [6.45, 7) is 4.01. The molecule has 25 heavy (non-hydrogen) atoms. The second-order valence-electron chi connectivity index (χ2n) is 6.01. The first-order chi connectivity index (χ1) is 13.2.